The summed E-state index contributed by atoms with van der Waals surface area (Å²) in [5, 5.41) is 6.17. The number of benzene rings is 2. The number of hydrogen-bond donors (Lipinski definition) is 0. The van der Waals surface area contributed by atoms with Gasteiger partial charge < -0.3 is 9.57 Å². The maximum Gasteiger partial charge on any atom is 0.333 e. The van der Waals surface area contributed by atoms with E-state index in [2.05, 4.69) is 10.0 Å². The number of imide groups is 1. The summed E-state index contributed by atoms with van der Waals surface area (Å²) >= 11 is 0. The molecule has 180 valence electrons. The summed E-state index contributed by atoms with van der Waals surface area (Å²) in [6.45, 7) is 0.634. The molecule has 1 aliphatic heterocycles. The van der Waals surface area contributed by atoms with Crippen LogP contribution in [0.4, 0.5) is 5.69 Å². The molecule has 9 heteroatoms. The lowest BCUT2D eigenvalue weighted by Gasteiger charge is -2.12. The summed E-state index contributed by atoms with van der Waals surface area (Å²) in [4.78, 5) is 42.3. The number of hydroxylamine groups is 2. The molecule has 0 aromatic heterocycles. The number of fused-ring (bicyclic) bond motifs is 1. The van der Waals surface area contributed by atoms with E-state index in [1.54, 1.807) is 6.07 Å². The average Bonchev–Trinajstić information content (AvgIpc) is 3.15. The third-order valence-corrected chi connectivity index (χ3v) is 5.74. The molecule has 1 heterocycles. The normalized spacial score (nSPS) is 13.2. The van der Waals surface area contributed by atoms with Gasteiger partial charge in [0.05, 0.1) is 6.61 Å². The zero-order chi connectivity index (χ0) is 24.2. The Hall–Kier alpha value is -3.58. The number of nitrogens with zero attached hydrogens (tertiary/aromatic N) is 4. The number of azide groups is 1. The topological polar surface area (TPSA) is 122 Å². The maximum atomic E-state index is 11.7. The quantitative estimate of drug-likeness (QED) is 0.107. The number of rotatable bonds is 14. The number of amides is 2. The van der Waals surface area contributed by atoms with Gasteiger partial charge in [-0.3, -0.25) is 9.59 Å². The predicted octanol–water partition coefficient (Wildman–Crippen LogP) is 6.28. The molecule has 1 saturated heterocycles. The van der Waals surface area contributed by atoms with E-state index in [9.17, 15) is 14.4 Å². The van der Waals surface area contributed by atoms with Crippen molar-refractivity contribution in [1.29, 1.82) is 0 Å². The Morgan fingerprint density at radius 3 is 2.21 bits per heavy atom. The van der Waals surface area contributed by atoms with Crippen LogP contribution in [0.15, 0.2) is 41.5 Å². The smallest absolute Gasteiger partial charge is 0.333 e. The first kappa shape index (κ1) is 25.1. The van der Waals surface area contributed by atoms with Gasteiger partial charge in [-0.05, 0) is 29.8 Å². The van der Waals surface area contributed by atoms with Crippen LogP contribution in [-0.2, 0) is 19.2 Å². The van der Waals surface area contributed by atoms with E-state index in [1.807, 2.05) is 30.3 Å². The predicted molar refractivity (Wildman–Crippen MR) is 127 cm³/mol. The lowest BCUT2D eigenvalue weighted by atomic mass is 10.1. The van der Waals surface area contributed by atoms with Crippen molar-refractivity contribution in [3.05, 3.63) is 46.8 Å². The minimum atomic E-state index is -0.524. The second-order valence-corrected chi connectivity index (χ2v) is 8.29. The van der Waals surface area contributed by atoms with Crippen LogP contribution in [-0.4, -0.2) is 29.5 Å². The number of carbonyl (C=O) groups excluding carboxylic acids is 3. The monoisotopic (exact) mass is 466 g/mol. The molecule has 1 aliphatic rings. The lowest BCUT2D eigenvalue weighted by Crippen LogP contribution is -2.31. The molecule has 34 heavy (non-hydrogen) atoms. The van der Waals surface area contributed by atoms with Crippen LogP contribution in [0.3, 0.4) is 0 Å². The first-order valence-electron chi connectivity index (χ1n) is 11.9. The number of hydrogen-bond acceptors (Lipinski definition) is 6. The van der Waals surface area contributed by atoms with Crippen LogP contribution in [0.1, 0.15) is 70.6 Å². The Morgan fingerprint density at radius 2 is 1.50 bits per heavy atom. The van der Waals surface area contributed by atoms with Gasteiger partial charge >= 0.3 is 5.97 Å². The number of carbonyl (C=O) groups is 3. The maximum absolute atomic E-state index is 11.7. The summed E-state index contributed by atoms with van der Waals surface area (Å²) in [6.07, 6.45) is 8.49. The number of ether oxygens (including phenoxy) is 1. The molecule has 9 nitrogen and oxygen atoms in total. The van der Waals surface area contributed by atoms with Crippen LogP contribution in [0.5, 0.6) is 5.75 Å². The van der Waals surface area contributed by atoms with Crippen molar-refractivity contribution in [3.63, 3.8) is 0 Å². The van der Waals surface area contributed by atoms with Gasteiger partial charge in [-0.15, -0.1) is 5.06 Å². The molecular formula is C25H30N4O5. The third-order valence-electron chi connectivity index (χ3n) is 5.74. The molecule has 2 aromatic carbocycles. The first-order chi connectivity index (χ1) is 16.6. The summed E-state index contributed by atoms with van der Waals surface area (Å²) in [5.74, 6) is -0.617. The lowest BCUT2D eigenvalue weighted by molar-refractivity contribution is -0.197. The van der Waals surface area contributed by atoms with Gasteiger partial charge in [0.1, 0.15) is 5.75 Å². The molecular weight excluding hydrogens is 436 g/mol. The molecule has 0 atom stereocenters. The molecule has 0 saturated carbocycles. The summed E-state index contributed by atoms with van der Waals surface area (Å²) in [7, 11) is 0. The van der Waals surface area contributed by atoms with E-state index in [0.29, 0.717) is 23.8 Å². The highest BCUT2D eigenvalue weighted by molar-refractivity contribution is 6.01. The second-order valence-electron chi connectivity index (χ2n) is 8.29. The standard InChI is InChI=1S/C25H30N4O5/c26-28-27-21-13-9-12-20-19(21)11-10-14-22(20)33-18-8-6-4-2-1-3-5-7-15-25(32)34-29-23(30)16-17-24(29)31/h9-14H,1-8,15-18H2. The Kier molecular flexibility index (Phi) is 9.73. The van der Waals surface area contributed by atoms with Crippen LogP contribution < -0.4 is 4.74 Å². The Morgan fingerprint density at radius 1 is 0.882 bits per heavy atom. The molecule has 0 unspecified atom stereocenters. The van der Waals surface area contributed by atoms with E-state index in [1.165, 1.54) is 0 Å². The van der Waals surface area contributed by atoms with Crippen molar-refractivity contribution in [2.75, 3.05) is 6.61 Å². The van der Waals surface area contributed by atoms with Gasteiger partial charge in [0.15, 0.2) is 0 Å². The molecule has 2 amide bonds. The Bertz CT molecular complexity index is 1050. The van der Waals surface area contributed by atoms with E-state index in [4.69, 9.17) is 15.1 Å². The minimum absolute atomic E-state index is 0.112. The van der Waals surface area contributed by atoms with Gasteiger partial charge in [0.2, 0.25) is 0 Å². The second kappa shape index (κ2) is 13.2. The zero-order valence-corrected chi connectivity index (χ0v) is 19.3. The highest BCUT2D eigenvalue weighted by Crippen LogP contribution is 2.32. The molecule has 0 spiro atoms. The Balaban J connectivity index is 1.22. The molecule has 1 fully saturated rings. The van der Waals surface area contributed by atoms with Crippen LogP contribution in [0, 0.1) is 0 Å². The van der Waals surface area contributed by atoms with Crippen LogP contribution in [0.2, 0.25) is 0 Å². The molecule has 0 radical (unpaired) electrons. The fourth-order valence-corrected chi connectivity index (χ4v) is 3.95. The summed E-state index contributed by atoms with van der Waals surface area (Å²) in [5.41, 5.74) is 9.32. The summed E-state index contributed by atoms with van der Waals surface area (Å²) in [6, 6.07) is 11.4. The van der Waals surface area contributed by atoms with Gasteiger partial charge in [0, 0.05) is 35.2 Å². The van der Waals surface area contributed by atoms with Crippen LogP contribution in [0.25, 0.3) is 21.2 Å². The van der Waals surface area contributed by atoms with E-state index in [0.717, 1.165) is 61.5 Å². The third kappa shape index (κ3) is 7.22. The van der Waals surface area contributed by atoms with Crippen molar-refractivity contribution in [1.82, 2.24) is 5.06 Å². The van der Waals surface area contributed by atoms with Gasteiger partial charge in [-0.25, -0.2) is 4.79 Å². The molecule has 0 bridgehead atoms. The van der Waals surface area contributed by atoms with Crippen molar-refractivity contribution in [2.45, 2.75) is 70.6 Å². The zero-order valence-electron chi connectivity index (χ0n) is 19.3. The fraction of sp³-hybridized carbons (Fsp3) is 0.480. The van der Waals surface area contributed by atoms with Crippen molar-refractivity contribution in [2.24, 2.45) is 5.11 Å². The Labute approximate surface area is 198 Å². The minimum Gasteiger partial charge on any atom is -0.493 e. The molecule has 3 rings (SSSR count). The van der Waals surface area contributed by atoms with Crippen LogP contribution >= 0.6 is 0 Å². The van der Waals surface area contributed by atoms with Crippen molar-refractivity contribution in [3.8, 4) is 5.75 Å². The van der Waals surface area contributed by atoms with Gasteiger partial charge in [-0.1, -0.05) is 74.0 Å². The largest absolute Gasteiger partial charge is 0.493 e. The SMILES string of the molecule is [N-]=[N+]=Nc1cccc2c(OCCCCCCCCCCC(=O)ON3C(=O)CCC3=O)cccc12. The summed E-state index contributed by atoms with van der Waals surface area (Å²) < 4.78 is 5.97. The van der Waals surface area contributed by atoms with Crippen molar-refractivity contribution >= 4 is 34.2 Å². The van der Waals surface area contributed by atoms with E-state index in [-0.39, 0.29) is 19.3 Å². The van der Waals surface area contributed by atoms with E-state index >= 15 is 0 Å². The molecule has 2 aromatic rings. The molecule has 0 aliphatic carbocycles. The van der Waals surface area contributed by atoms with Gasteiger partial charge in [-0.2, -0.15) is 0 Å². The average molecular weight is 467 g/mol. The highest BCUT2D eigenvalue weighted by atomic mass is 16.7. The fourth-order valence-electron chi connectivity index (χ4n) is 3.95. The van der Waals surface area contributed by atoms with Crippen molar-refractivity contribution < 1.29 is 24.0 Å². The highest BCUT2D eigenvalue weighted by Gasteiger charge is 2.32. The van der Waals surface area contributed by atoms with Gasteiger partial charge in [0.25, 0.3) is 11.8 Å². The molecule has 0 N–H and O–H groups in total. The first-order valence-corrected chi connectivity index (χ1v) is 11.9. The van der Waals surface area contributed by atoms with E-state index < -0.39 is 17.8 Å². The number of unbranched alkanes of at least 4 members (excludes halogenated alkanes) is 7.